The Bertz CT molecular complexity index is 365. The van der Waals surface area contributed by atoms with Crippen molar-refractivity contribution >= 4 is 5.97 Å². The maximum atomic E-state index is 10.8. The summed E-state index contributed by atoms with van der Waals surface area (Å²) >= 11 is 0. The number of hydrogen-bond donors (Lipinski definition) is 2. The molecular weight excluding hydrogens is 232 g/mol. The number of ether oxygens (including phenoxy) is 1. The van der Waals surface area contributed by atoms with Crippen molar-refractivity contribution in [1.29, 1.82) is 0 Å². The lowest BCUT2D eigenvalue weighted by Gasteiger charge is -2.13. The molecule has 1 unspecified atom stereocenters. The van der Waals surface area contributed by atoms with Crippen LogP contribution in [-0.4, -0.2) is 28.7 Å². The highest BCUT2D eigenvalue weighted by molar-refractivity contribution is 5.72. The number of aliphatic carboxylic acids is 1. The number of carbonyl (C=O) groups is 1. The van der Waals surface area contributed by atoms with Crippen LogP contribution in [0.2, 0.25) is 0 Å². The molecule has 1 heterocycles. The van der Waals surface area contributed by atoms with Gasteiger partial charge in [0, 0.05) is 6.54 Å². The van der Waals surface area contributed by atoms with Gasteiger partial charge in [-0.05, 0) is 31.5 Å². The maximum Gasteiger partial charge on any atom is 0.344 e. The van der Waals surface area contributed by atoms with E-state index < -0.39 is 12.1 Å². The third kappa shape index (κ3) is 4.71. The average Bonchev–Trinajstić information content (AvgIpc) is 2.37. The highest BCUT2D eigenvalue weighted by Gasteiger charge is 2.16. The van der Waals surface area contributed by atoms with Crippen LogP contribution < -0.4 is 10.1 Å². The normalized spacial score (nSPS) is 12.1. The van der Waals surface area contributed by atoms with Crippen LogP contribution in [0.1, 0.15) is 32.4 Å². The van der Waals surface area contributed by atoms with Gasteiger partial charge in [-0.1, -0.05) is 13.8 Å². The second kappa shape index (κ2) is 7.66. The van der Waals surface area contributed by atoms with E-state index in [1.165, 1.54) is 0 Å². The van der Waals surface area contributed by atoms with Crippen LogP contribution in [0, 0.1) is 0 Å². The van der Waals surface area contributed by atoms with Crippen molar-refractivity contribution < 1.29 is 14.6 Å². The summed E-state index contributed by atoms with van der Waals surface area (Å²) in [5.41, 5.74) is 0.916. The number of hydrogen-bond acceptors (Lipinski definition) is 4. The van der Waals surface area contributed by atoms with E-state index in [2.05, 4.69) is 17.2 Å². The van der Waals surface area contributed by atoms with E-state index in [4.69, 9.17) is 9.84 Å². The van der Waals surface area contributed by atoms with Gasteiger partial charge in [-0.25, -0.2) is 4.79 Å². The zero-order chi connectivity index (χ0) is 13.4. The molecule has 5 heteroatoms. The SMILES string of the molecule is CCCNCc1ccc(OC(CC)C(=O)O)cn1. The first kappa shape index (κ1) is 14.4. The van der Waals surface area contributed by atoms with Crippen molar-refractivity contribution in [1.82, 2.24) is 10.3 Å². The number of pyridine rings is 1. The predicted molar refractivity (Wildman–Crippen MR) is 68.6 cm³/mol. The molecule has 0 saturated heterocycles. The molecule has 0 amide bonds. The zero-order valence-corrected chi connectivity index (χ0v) is 10.8. The first-order valence-corrected chi connectivity index (χ1v) is 6.22. The fraction of sp³-hybridized carbons (Fsp3) is 0.538. The molecule has 1 atom stereocenters. The fourth-order valence-corrected chi connectivity index (χ4v) is 1.45. The summed E-state index contributed by atoms with van der Waals surface area (Å²) in [6, 6.07) is 3.59. The third-order valence-electron chi connectivity index (χ3n) is 2.46. The number of carboxylic acids is 1. The second-order valence-corrected chi connectivity index (χ2v) is 4.01. The van der Waals surface area contributed by atoms with E-state index in [1.807, 2.05) is 6.07 Å². The number of carboxylic acid groups (broad SMARTS) is 1. The minimum atomic E-state index is -0.953. The molecule has 18 heavy (non-hydrogen) atoms. The summed E-state index contributed by atoms with van der Waals surface area (Å²) in [6.07, 6.45) is 2.26. The Morgan fingerprint density at radius 1 is 1.50 bits per heavy atom. The lowest BCUT2D eigenvalue weighted by atomic mass is 10.3. The quantitative estimate of drug-likeness (QED) is 0.691. The van der Waals surface area contributed by atoms with Crippen LogP contribution in [0.3, 0.4) is 0 Å². The first-order chi connectivity index (χ1) is 8.67. The topological polar surface area (TPSA) is 71.5 Å². The fourth-order valence-electron chi connectivity index (χ4n) is 1.45. The summed E-state index contributed by atoms with van der Waals surface area (Å²) in [7, 11) is 0. The number of rotatable bonds is 8. The van der Waals surface area contributed by atoms with Crippen LogP contribution in [-0.2, 0) is 11.3 Å². The van der Waals surface area contributed by atoms with Gasteiger partial charge in [0.25, 0.3) is 0 Å². The smallest absolute Gasteiger partial charge is 0.344 e. The molecule has 0 spiro atoms. The highest BCUT2D eigenvalue weighted by Crippen LogP contribution is 2.12. The van der Waals surface area contributed by atoms with Crippen molar-refractivity contribution in [2.75, 3.05) is 6.54 Å². The molecule has 0 aliphatic heterocycles. The van der Waals surface area contributed by atoms with Gasteiger partial charge < -0.3 is 15.2 Å². The van der Waals surface area contributed by atoms with Crippen molar-refractivity contribution in [2.24, 2.45) is 0 Å². The molecule has 1 aromatic rings. The van der Waals surface area contributed by atoms with Gasteiger partial charge in [0.2, 0.25) is 0 Å². The largest absolute Gasteiger partial charge is 0.479 e. The van der Waals surface area contributed by atoms with Gasteiger partial charge in [-0.2, -0.15) is 0 Å². The Morgan fingerprint density at radius 2 is 2.28 bits per heavy atom. The molecule has 2 N–H and O–H groups in total. The average molecular weight is 252 g/mol. The Balaban J connectivity index is 2.51. The Hall–Kier alpha value is -1.62. The van der Waals surface area contributed by atoms with E-state index >= 15 is 0 Å². The van der Waals surface area contributed by atoms with Gasteiger partial charge in [0.05, 0.1) is 11.9 Å². The molecule has 0 aliphatic rings. The Labute approximate surface area is 107 Å². The first-order valence-electron chi connectivity index (χ1n) is 6.22. The number of nitrogens with zero attached hydrogens (tertiary/aromatic N) is 1. The maximum absolute atomic E-state index is 10.8. The summed E-state index contributed by atoms with van der Waals surface area (Å²) < 4.78 is 5.32. The molecule has 0 saturated carbocycles. The molecule has 1 rings (SSSR count). The number of nitrogens with one attached hydrogen (secondary N) is 1. The molecule has 0 radical (unpaired) electrons. The van der Waals surface area contributed by atoms with Crippen molar-refractivity contribution in [3.63, 3.8) is 0 Å². The van der Waals surface area contributed by atoms with Crippen LogP contribution >= 0.6 is 0 Å². The molecule has 0 aromatic carbocycles. The van der Waals surface area contributed by atoms with Crippen LogP contribution in [0.4, 0.5) is 0 Å². The molecular formula is C13H20N2O3. The van der Waals surface area contributed by atoms with Gasteiger partial charge in [-0.3, -0.25) is 4.98 Å². The highest BCUT2D eigenvalue weighted by atomic mass is 16.5. The molecule has 0 bridgehead atoms. The summed E-state index contributed by atoms with van der Waals surface area (Å²) in [4.78, 5) is 15.0. The van der Waals surface area contributed by atoms with Crippen molar-refractivity contribution in [2.45, 2.75) is 39.3 Å². The summed E-state index contributed by atoms with van der Waals surface area (Å²) in [5.74, 6) is -0.463. The molecule has 5 nitrogen and oxygen atoms in total. The second-order valence-electron chi connectivity index (χ2n) is 4.01. The van der Waals surface area contributed by atoms with E-state index in [1.54, 1.807) is 19.2 Å². The van der Waals surface area contributed by atoms with Crippen LogP contribution in [0.5, 0.6) is 5.75 Å². The predicted octanol–water partition coefficient (Wildman–Crippen LogP) is 1.82. The van der Waals surface area contributed by atoms with Crippen molar-refractivity contribution in [3.05, 3.63) is 24.0 Å². The Morgan fingerprint density at radius 3 is 2.78 bits per heavy atom. The third-order valence-corrected chi connectivity index (χ3v) is 2.46. The molecule has 1 aromatic heterocycles. The minimum Gasteiger partial charge on any atom is -0.479 e. The van der Waals surface area contributed by atoms with Gasteiger partial charge >= 0.3 is 5.97 Å². The van der Waals surface area contributed by atoms with E-state index in [0.717, 1.165) is 18.7 Å². The molecule has 100 valence electrons. The lowest BCUT2D eigenvalue weighted by Crippen LogP contribution is -2.26. The number of aromatic nitrogens is 1. The minimum absolute atomic E-state index is 0.426. The standard InChI is InChI=1S/C13H20N2O3/c1-3-7-14-8-10-5-6-11(9-15-10)18-12(4-2)13(16)17/h5-6,9,12,14H,3-4,7-8H2,1-2H3,(H,16,17). The summed E-state index contributed by atoms with van der Waals surface area (Å²) in [5, 5.41) is 12.1. The van der Waals surface area contributed by atoms with Gasteiger partial charge in [0.1, 0.15) is 5.75 Å². The monoisotopic (exact) mass is 252 g/mol. The van der Waals surface area contributed by atoms with Gasteiger partial charge in [0.15, 0.2) is 6.10 Å². The lowest BCUT2D eigenvalue weighted by molar-refractivity contribution is -0.145. The van der Waals surface area contributed by atoms with Crippen LogP contribution in [0.15, 0.2) is 18.3 Å². The van der Waals surface area contributed by atoms with Crippen LogP contribution in [0.25, 0.3) is 0 Å². The van der Waals surface area contributed by atoms with E-state index in [-0.39, 0.29) is 0 Å². The molecule has 0 fully saturated rings. The van der Waals surface area contributed by atoms with E-state index in [9.17, 15) is 4.79 Å². The Kier molecular flexibility index (Phi) is 6.14. The van der Waals surface area contributed by atoms with Crippen molar-refractivity contribution in [3.8, 4) is 5.75 Å². The van der Waals surface area contributed by atoms with E-state index in [0.29, 0.717) is 18.7 Å². The zero-order valence-electron chi connectivity index (χ0n) is 10.8. The van der Waals surface area contributed by atoms with Gasteiger partial charge in [-0.15, -0.1) is 0 Å². The summed E-state index contributed by atoms with van der Waals surface area (Å²) in [6.45, 7) is 5.55. The molecule has 0 aliphatic carbocycles.